The third-order valence-corrected chi connectivity index (χ3v) is 3.50. The molecule has 0 radical (unpaired) electrons. The number of carbonyl (C=O) groups excluding carboxylic acids is 1. The van der Waals surface area contributed by atoms with Gasteiger partial charge in [-0.3, -0.25) is 9.59 Å². The number of rotatable bonds is 6. The maximum Gasteiger partial charge on any atom is 0.309 e. The van der Waals surface area contributed by atoms with Gasteiger partial charge in [-0.15, -0.1) is 0 Å². The Hall–Kier alpha value is -1.98. The first-order chi connectivity index (χ1) is 9.04. The predicted molar refractivity (Wildman–Crippen MR) is 66.4 cm³/mol. The maximum atomic E-state index is 12.0. The van der Waals surface area contributed by atoms with E-state index >= 15 is 0 Å². The lowest BCUT2D eigenvalue weighted by Crippen LogP contribution is -2.40. The first-order valence-corrected chi connectivity index (χ1v) is 6.45. The fraction of sp³-hybridized carbons (Fsp3) is 0.538. The van der Waals surface area contributed by atoms with E-state index in [2.05, 4.69) is 17.3 Å². The predicted octanol–water partition coefficient (Wildman–Crippen LogP) is 0.516. The second-order valence-corrected chi connectivity index (χ2v) is 4.91. The van der Waals surface area contributed by atoms with Gasteiger partial charge in [-0.25, -0.2) is 0 Å². The molecule has 0 saturated heterocycles. The van der Waals surface area contributed by atoms with Gasteiger partial charge in [0.15, 0.2) is 12.7 Å². The zero-order chi connectivity index (χ0) is 13.9. The molecular weight excluding hydrogens is 246 g/mol. The Bertz CT molecular complexity index is 480. The highest BCUT2D eigenvalue weighted by atomic mass is 16.4. The van der Waals surface area contributed by atoms with Crippen LogP contribution in [-0.2, 0) is 11.3 Å². The van der Waals surface area contributed by atoms with Crippen molar-refractivity contribution in [2.24, 2.45) is 0 Å². The summed E-state index contributed by atoms with van der Waals surface area (Å²) in [5, 5.41) is 15.6. The number of aliphatic carboxylic acids is 1. The molecule has 6 heteroatoms. The SMILES string of the molecule is CCC1(NC(=O)c2cc[n+](CCC(=O)O)nc2)CC1. The molecule has 0 unspecified atom stereocenters. The van der Waals surface area contributed by atoms with Crippen LogP contribution in [0.4, 0.5) is 0 Å². The summed E-state index contributed by atoms with van der Waals surface area (Å²) in [7, 11) is 0. The molecule has 1 fully saturated rings. The number of carboxylic acid groups (broad SMARTS) is 1. The van der Waals surface area contributed by atoms with Crippen LogP contribution >= 0.6 is 0 Å². The van der Waals surface area contributed by atoms with Gasteiger partial charge in [0.2, 0.25) is 0 Å². The molecule has 2 N–H and O–H groups in total. The number of hydrogen-bond acceptors (Lipinski definition) is 3. The first-order valence-electron chi connectivity index (χ1n) is 6.45. The third-order valence-electron chi connectivity index (χ3n) is 3.50. The van der Waals surface area contributed by atoms with Crippen molar-refractivity contribution in [1.82, 2.24) is 10.4 Å². The summed E-state index contributed by atoms with van der Waals surface area (Å²) < 4.78 is 1.51. The quantitative estimate of drug-likeness (QED) is 0.734. The van der Waals surface area contributed by atoms with E-state index in [1.807, 2.05) is 0 Å². The van der Waals surface area contributed by atoms with E-state index in [4.69, 9.17) is 5.11 Å². The monoisotopic (exact) mass is 264 g/mol. The van der Waals surface area contributed by atoms with Crippen LogP contribution in [0.15, 0.2) is 18.5 Å². The fourth-order valence-corrected chi connectivity index (χ4v) is 1.89. The van der Waals surface area contributed by atoms with Gasteiger partial charge < -0.3 is 10.4 Å². The molecule has 1 amide bonds. The molecule has 1 saturated carbocycles. The number of nitrogens with zero attached hydrogens (tertiary/aromatic N) is 2. The topological polar surface area (TPSA) is 83.2 Å². The number of carboxylic acids is 1. The van der Waals surface area contributed by atoms with Crippen molar-refractivity contribution in [2.45, 2.75) is 44.7 Å². The van der Waals surface area contributed by atoms with Gasteiger partial charge in [-0.1, -0.05) is 11.6 Å². The molecule has 1 aromatic heterocycles. The van der Waals surface area contributed by atoms with Crippen molar-refractivity contribution < 1.29 is 19.4 Å². The van der Waals surface area contributed by atoms with Crippen LogP contribution in [0.25, 0.3) is 0 Å². The van der Waals surface area contributed by atoms with Gasteiger partial charge in [-0.05, 0) is 24.4 Å². The van der Waals surface area contributed by atoms with Crippen molar-refractivity contribution in [1.29, 1.82) is 0 Å². The third kappa shape index (κ3) is 3.49. The average Bonchev–Trinajstić information content (AvgIpc) is 3.17. The average molecular weight is 264 g/mol. The number of amides is 1. The molecule has 2 rings (SSSR count). The second kappa shape index (κ2) is 5.34. The second-order valence-electron chi connectivity index (χ2n) is 4.91. The molecule has 102 valence electrons. The van der Waals surface area contributed by atoms with Crippen LogP contribution in [0.3, 0.4) is 0 Å². The standard InChI is InChI=1S/C13H17N3O3/c1-2-13(5-6-13)15-12(19)10-3-7-16(14-9-10)8-4-11(17)18/h3,7,9H,2,4-6,8H2,1H3,(H-,15,17,18,19)/p+1. The molecule has 1 aliphatic carbocycles. The number of hydrogen-bond donors (Lipinski definition) is 2. The molecule has 0 atom stereocenters. The van der Waals surface area contributed by atoms with E-state index in [0.717, 1.165) is 19.3 Å². The Labute approximate surface area is 111 Å². The molecule has 0 spiro atoms. The Morgan fingerprint density at radius 2 is 2.26 bits per heavy atom. The molecule has 1 heterocycles. The zero-order valence-corrected chi connectivity index (χ0v) is 10.9. The van der Waals surface area contributed by atoms with Crippen molar-refractivity contribution >= 4 is 11.9 Å². The van der Waals surface area contributed by atoms with Gasteiger partial charge >= 0.3 is 5.97 Å². The number of carbonyl (C=O) groups is 2. The summed E-state index contributed by atoms with van der Waals surface area (Å²) in [5.41, 5.74) is 0.498. The lowest BCUT2D eigenvalue weighted by atomic mass is 10.2. The molecule has 0 bridgehead atoms. The lowest BCUT2D eigenvalue weighted by molar-refractivity contribution is -0.753. The highest BCUT2D eigenvalue weighted by molar-refractivity contribution is 5.94. The summed E-state index contributed by atoms with van der Waals surface area (Å²) in [6, 6.07) is 1.66. The van der Waals surface area contributed by atoms with Crippen LogP contribution < -0.4 is 10.00 Å². The van der Waals surface area contributed by atoms with E-state index in [1.165, 1.54) is 10.9 Å². The maximum absolute atomic E-state index is 12.0. The van der Waals surface area contributed by atoms with Gasteiger partial charge in [0, 0.05) is 11.6 Å². The smallest absolute Gasteiger partial charge is 0.309 e. The summed E-state index contributed by atoms with van der Waals surface area (Å²) in [5.74, 6) is -0.980. The number of aromatic nitrogens is 2. The Morgan fingerprint density at radius 3 is 2.74 bits per heavy atom. The van der Waals surface area contributed by atoms with Crippen molar-refractivity contribution in [3.05, 3.63) is 24.0 Å². The van der Waals surface area contributed by atoms with Crippen molar-refractivity contribution in [2.75, 3.05) is 0 Å². The Kier molecular flexibility index (Phi) is 3.78. The van der Waals surface area contributed by atoms with Crippen LogP contribution in [0.2, 0.25) is 0 Å². The Morgan fingerprint density at radius 1 is 1.53 bits per heavy atom. The normalized spacial score (nSPS) is 15.8. The molecule has 1 aliphatic rings. The molecular formula is C13H18N3O3+. The lowest BCUT2D eigenvalue weighted by Gasteiger charge is -2.14. The van der Waals surface area contributed by atoms with Crippen molar-refractivity contribution in [3.63, 3.8) is 0 Å². The van der Waals surface area contributed by atoms with Gasteiger partial charge in [0.05, 0.1) is 5.56 Å². The zero-order valence-electron chi connectivity index (χ0n) is 10.9. The van der Waals surface area contributed by atoms with Gasteiger partial charge in [-0.2, -0.15) is 0 Å². The molecule has 19 heavy (non-hydrogen) atoms. The van der Waals surface area contributed by atoms with Crippen LogP contribution in [0.5, 0.6) is 0 Å². The summed E-state index contributed by atoms with van der Waals surface area (Å²) >= 11 is 0. The summed E-state index contributed by atoms with van der Waals surface area (Å²) in [6.07, 6.45) is 6.13. The van der Waals surface area contributed by atoms with E-state index in [0.29, 0.717) is 12.1 Å². The summed E-state index contributed by atoms with van der Waals surface area (Å²) in [4.78, 5) is 22.4. The van der Waals surface area contributed by atoms with Crippen LogP contribution in [0.1, 0.15) is 43.0 Å². The minimum absolute atomic E-state index is 0.00773. The molecule has 1 aromatic rings. The van der Waals surface area contributed by atoms with Crippen molar-refractivity contribution in [3.8, 4) is 0 Å². The highest BCUT2D eigenvalue weighted by Crippen LogP contribution is 2.38. The van der Waals surface area contributed by atoms with Crippen LogP contribution in [0, 0.1) is 0 Å². The molecule has 0 aliphatic heterocycles. The number of nitrogens with one attached hydrogen (secondary N) is 1. The largest absolute Gasteiger partial charge is 0.481 e. The first kappa shape index (κ1) is 13.5. The summed E-state index contributed by atoms with van der Waals surface area (Å²) in [6.45, 7) is 2.37. The van der Waals surface area contributed by atoms with Gasteiger partial charge in [0.25, 0.3) is 5.91 Å². The van der Waals surface area contributed by atoms with E-state index in [9.17, 15) is 9.59 Å². The van der Waals surface area contributed by atoms with Gasteiger partial charge in [0.1, 0.15) is 12.6 Å². The van der Waals surface area contributed by atoms with E-state index in [1.54, 1.807) is 12.3 Å². The number of aryl methyl sites for hydroxylation is 1. The van der Waals surface area contributed by atoms with E-state index < -0.39 is 5.97 Å². The minimum atomic E-state index is -0.866. The van der Waals surface area contributed by atoms with Crippen LogP contribution in [-0.4, -0.2) is 27.6 Å². The fourth-order valence-electron chi connectivity index (χ4n) is 1.89. The van der Waals surface area contributed by atoms with E-state index in [-0.39, 0.29) is 17.9 Å². The Balaban J connectivity index is 1.94. The molecule has 0 aromatic carbocycles. The highest BCUT2D eigenvalue weighted by Gasteiger charge is 2.42. The molecule has 6 nitrogen and oxygen atoms in total. The minimum Gasteiger partial charge on any atom is -0.481 e.